The van der Waals surface area contributed by atoms with E-state index in [0.29, 0.717) is 66.2 Å². The van der Waals surface area contributed by atoms with E-state index >= 15 is 0 Å². The summed E-state index contributed by atoms with van der Waals surface area (Å²) in [6, 6.07) is 37.4. The first-order valence-corrected chi connectivity index (χ1v) is 23.5. The molecule has 0 saturated heterocycles. The lowest BCUT2D eigenvalue weighted by Gasteiger charge is -2.16. The second kappa shape index (κ2) is 22.1. The number of thioether (sulfide) groups is 1. The van der Waals surface area contributed by atoms with E-state index < -0.39 is 12.1 Å². The molecule has 0 aliphatic rings. The Morgan fingerprint density at radius 1 is 0.836 bits per heavy atom. The van der Waals surface area contributed by atoms with E-state index in [2.05, 4.69) is 68.5 Å². The molecule has 8 aromatic rings. The van der Waals surface area contributed by atoms with E-state index in [-0.39, 0.29) is 19.2 Å². The Balaban J connectivity index is 0.910. The molecule has 67 heavy (non-hydrogen) atoms. The number of imidazole rings is 2. The van der Waals surface area contributed by atoms with Gasteiger partial charge < -0.3 is 28.1 Å². The molecule has 0 fully saturated rings. The Morgan fingerprint density at radius 2 is 1.58 bits per heavy atom. The molecule has 0 amide bonds. The number of ether oxygens (including phenoxy) is 4. The summed E-state index contributed by atoms with van der Waals surface area (Å²) in [5.41, 5.74) is 8.79. The Labute approximate surface area is 398 Å². The van der Waals surface area contributed by atoms with Gasteiger partial charge in [-0.15, -0.1) is 22.0 Å². The van der Waals surface area contributed by atoms with Gasteiger partial charge in [0.15, 0.2) is 11.8 Å². The Hall–Kier alpha value is -6.81. The SMILES string of the molecule is CCCc1nc(CSc2ccc3nc(CCOc4ccc(CC(OCc5ccc(Cl)cc5)C(=O)OC)cc4)n(C)c3c2)c(C(=O)OCC)n1Cc1ccc(-c2ccccc2-c2nn[nH]n2)cc1. The standard InChI is InChI=1S/C51H51ClN8O6S/c1-5-9-47-54-43(48(51(62)64-6-2)60(47)30-34-12-18-36(19-13-34)40-10-7-8-11-41(40)49-55-57-58-56-49)32-67-39-24-25-42-44(29-39)59(3)46(53-42)26-27-65-38-22-16-33(17-23-38)28-45(50(61)63-4)66-31-35-14-20-37(52)21-15-35/h7-8,10-25,29,45H,5-6,9,26-28,30-32H2,1-4H3,(H,55,56,57,58). The highest BCUT2D eigenvalue weighted by Crippen LogP contribution is 2.32. The molecule has 1 atom stereocenters. The number of halogens is 1. The molecule has 1 N–H and O–H groups in total. The number of rotatable bonds is 21. The van der Waals surface area contributed by atoms with Crippen molar-refractivity contribution in [2.24, 2.45) is 7.05 Å². The maximum Gasteiger partial charge on any atom is 0.356 e. The van der Waals surface area contributed by atoms with Crippen molar-refractivity contribution in [2.45, 2.75) is 69.4 Å². The van der Waals surface area contributed by atoms with E-state index in [1.165, 1.54) is 7.11 Å². The van der Waals surface area contributed by atoms with Gasteiger partial charge in [0.25, 0.3) is 0 Å². The van der Waals surface area contributed by atoms with Crippen LogP contribution in [0, 0.1) is 0 Å². The van der Waals surface area contributed by atoms with E-state index in [9.17, 15) is 9.59 Å². The Bertz CT molecular complexity index is 2920. The topological polar surface area (TPSA) is 161 Å². The van der Waals surface area contributed by atoms with Crippen molar-refractivity contribution < 1.29 is 28.5 Å². The molecule has 3 heterocycles. The number of H-pyrrole nitrogens is 1. The Morgan fingerprint density at radius 3 is 2.30 bits per heavy atom. The van der Waals surface area contributed by atoms with Gasteiger partial charge in [0.2, 0.25) is 5.82 Å². The molecule has 3 aromatic heterocycles. The minimum Gasteiger partial charge on any atom is -0.493 e. The maximum absolute atomic E-state index is 13.7. The minimum atomic E-state index is -0.759. The average molecular weight is 940 g/mol. The van der Waals surface area contributed by atoms with Crippen molar-refractivity contribution in [1.29, 1.82) is 0 Å². The number of nitrogens with zero attached hydrogens (tertiary/aromatic N) is 7. The van der Waals surface area contributed by atoms with E-state index in [0.717, 1.165) is 67.4 Å². The van der Waals surface area contributed by atoms with Gasteiger partial charge in [0, 0.05) is 54.1 Å². The van der Waals surface area contributed by atoms with Crippen molar-refractivity contribution in [3.05, 3.63) is 160 Å². The molecular formula is C51H51ClN8O6S. The lowest BCUT2D eigenvalue weighted by molar-refractivity contribution is -0.154. The zero-order chi connectivity index (χ0) is 46.7. The highest BCUT2D eigenvalue weighted by molar-refractivity contribution is 7.98. The molecule has 0 saturated carbocycles. The average Bonchev–Trinajstić information content (AvgIpc) is 4.09. The fraction of sp³-hybridized carbons (Fsp3) is 0.275. The van der Waals surface area contributed by atoms with Crippen LogP contribution in [0.15, 0.2) is 120 Å². The highest BCUT2D eigenvalue weighted by Gasteiger charge is 2.25. The summed E-state index contributed by atoms with van der Waals surface area (Å²) >= 11 is 7.63. The molecule has 0 radical (unpaired) electrons. The molecule has 14 nitrogen and oxygen atoms in total. The third kappa shape index (κ3) is 11.4. The number of carbonyl (C=O) groups excluding carboxylic acids is 2. The summed E-state index contributed by atoms with van der Waals surface area (Å²) in [6.07, 6.45) is 1.77. The van der Waals surface area contributed by atoms with Crippen molar-refractivity contribution in [3.8, 4) is 28.3 Å². The summed E-state index contributed by atoms with van der Waals surface area (Å²) in [5, 5.41) is 15.3. The van der Waals surface area contributed by atoms with E-state index in [1.807, 2.05) is 85.3 Å². The van der Waals surface area contributed by atoms with Crippen LogP contribution in [0.3, 0.4) is 0 Å². The molecule has 16 heteroatoms. The number of hydrogen-bond acceptors (Lipinski definition) is 12. The van der Waals surface area contributed by atoms with Crippen LogP contribution in [0.1, 0.15) is 64.8 Å². The summed E-state index contributed by atoms with van der Waals surface area (Å²) in [6.45, 7) is 5.33. The third-order valence-electron chi connectivity index (χ3n) is 11.3. The highest BCUT2D eigenvalue weighted by atomic mass is 35.5. The van der Waals surface area contributed by atoms with Crippen LogP contribution in [0.2, 0.25) is 5.02 Å². The predicted octanol–water partition coefficient (Wildman–Crippen LogP) is 9.66. The number of aromatic nitrogens is 8. The van der Waals surface area contributed by atoms with Gasteiger partial charge in [-0.1, -0.05) is 91.3 Å². The molecule has 344 valence electrons. The number of methoxy groups -OCH3 is 1. The van der Waals surface area contributed by atoms with Gasteiger partial charge in [-0.2, -0.15) is 5.21 Å². The Kier molecular flexibility index (Phi) is 15.4. The van der Waals surface area contributed by atoms with Crippen LogP contribution in [0.25, 0.3) is 33.5 Å². The second-order valence-corrected chi connectivity index (χ2v) is 17.3. The van der Waals surface area contributed by atoms with Gasteiger partial charge >= 0.3 is 11.9 Å². The number of hydrogen-bond donors (Lipinski definition) is 1. The van der Waals surface area contributed by atoms with Crippen LogP contribution >= 0.6 is 23.4 Å². The summed E-state index contributed by atoms with van der Waals surface area (Å²) in [7, 11) is 3.37. The number of esters is 2. The van der Waals surface area contributed by atoms with E-state index in [4.69, 9.17) is 40.5 Å². The molecule has 0 aliphatic carbocycles. The van der Waals surface area contributed by atoms with Gasteiger partial charge in [-0.3, -0.25) is 0 Å². The second-order valence-electron chi connectivity index (χ2n) is 15.8. The van der Waals surface area contributed by atoms with Gasteiger partial charge in [-0.05, 0) is 88.8 Å². The molecule has 0 bridgehead atoms. The summed E-state index contributed by atoms with van der Waals surface area (Å²) in [5.74, 6) is 2.64. The van der Waals surface area contributed by atoms with Crippen molar-refractivity contribution >= 4 is 46.3 Å². The van der Waals surface area contributed by atoms with Crippen LogP contribution in [0.5, 0.6) is 5.75 Å². The molecule has 8 rings (SSSR count). The van der Waals surface area contributed by atoms with Crippen LogP contribution in [-0.4, -0.2) is 78.1 Å². The van der Waals surface area contributed by atoms with Crippen LogP contribution in [0.4, 0.5) is 0 Å². The number of benzene rings is 5. The summed E-state index contributed by atoms with van der Waals surface area (Å²) in [4.78, 5) is 37.2. The van der Waals surface area contributed by atoms with Gasteiger partial charge in [-0.25, -0.2) is 19.6 Å². The fourth-order valence-electron chi connectivity index (χ4n) is 7.84. The first-order valence-electron chi connectivity index (χ1n) is 22.1. The normalized spacial score (nSPS) is 11.8. The molecule has 1 unspecified atom stereocenters. The smallest absolute Gasteiger partial charge is 0.356 e. The van der Waals surface area contributed by atoms with Crippen molar-refractivity contribution in [1.82, 2.24) is 39.7 Å². The monoisotopic (exact) mass is 938 g/mol. The predicted molar refractivity (Wildman–Crippen MR) is 258 cm³/mol. The van der Waals surface area contributed by atoms with Crippen molar-refractivity contribution in [3.63, 3.8) is 0 Å². The van der Waals surface area contributed by atoms with Crippen LogP contribution in [-0.2, 0) is 64.2 Å². The number of tetrazole rings is 1. The van der Waals surface area contributed by atoms with Crippen LogP contribution < -0.4 is 4.74 Å². The molecular weight excluding hydrogens is 888 g/mol. The minimum absolute atomic E-state index is 0.256. The first kappa shape index (κ1) is 46.7. The molecule has 0 aliphatic heterocycles. The quantitative estimate of drug-likeness (QED) is 0.0538. The number of aryl methyl sites for hydroxylation is 2. The zero-order valence-corrected chi connectivity index (χ0v) is 39.3. The lowest BCUT2D eigenvalue weighted by Crippen LogP contribution is -2.28. The van der Waals surface area contributed by atoms with Gasteiger partial charge in [0.05, 0.1) is 43.7 Å². The lowest BCUT2D eigenvalue weighted by atomic mass is 9.98. The fourth-order valence-corrected chi connectivity index (χ4v) is 8.83. The number of aromatic amines is 1. The molecule has 5 aromatic carbocycles. The van der Waals surface area contributed by atoms with Crippen molar-refractivity contribution in [2.75, 3.05) is 20.3 Å². The maximum atomic E-state index is 13.7. The number of carbonyl (C=O) groups is 2. The third-order valence-corrected chi connectivity index (χ3v) is 12.5. The summed E-state index contributed by atoms with van der Waals surface area (Å²) < 4.78 is 26.8. The largest absolute Gasteiger partial charge is 0.493 e. The number of nitrogens with one attached hydrogen (secondary N) is 1. The van der Waals surface area contributed by atoms with E-state index in [1.54, 1.807) is 23.9 Å². The first-order chi connectivity index (χ1) is 32.7. The zero-order valence-electron chi connectivity index (χ0n) is 37.8. The van der Waals surface area contributed by atoms with Gasteiger partial charge in [0.1, 0.15) is 17.4 Å². The molecule has 0 spiro atoms. The number of fused-ring (bicyclic) bond motifs is 1.